The number of hydrogen-bond donors (Lipinski definition) is 1. The van der Waals surface area contributed by atoms with Crippen LogP contribution in [0.4, 0.5) is 0 Å². The molecule has 1 aliphatic rings. The fourth-order valence-electron chi connectivity index (χ4n) is 2.13. The third-order valence-corrected chi connectivity index (χ3v) is 3.24. The second-order valence-corrected chi connectivity index (χ2v) is 4.47. The van der Waals surface area contributed by atoms with Crippen molar-refractivity contribution in [2.45, 2.75) is 25.3 Å². The molecule has 1 aromatic carbocycles. The van der Waals surface area contributed by atoms with Gasteiger partial charge in [-0.3, -0.25) is 0 Å². The van der Waals surface area contributed by atoms with Crippen molar-refractivity contribution < 1.29 is 4.74 Å². The molecule has 0 saturated carbocycles. The van der Waals surface area contributed by atoms with Gasteiger partial charge in [-0.25, -0.2) is 0 Å². The first-order valence-electron chi connectivity index (χ1n) is 5.50. The lowest BCUT2D eigenvalue weighted by Crippen LogP contribution is -2.13. The maximum atomic E-state index is 6.24. The second kappa shape index (κ2) is 4.89. The Morgan fingerprint density at radius 2 is 2.25 bits per heavy atom. The van der Waals surface area contributed by atoms with Crippen LogP contribution < -0.4 is 10.5 Å². The van der Waals surface area contributed by atoms with Crippen LogP contribution in [0.3, 0.4) is 0 Å². The van der Waals surface area contributed by atoms with E-state index in [1.54, 1.807) is 7.11 Å². The van der Waals surface area contributed by atoms with Crippen LogP contribution in [0.5, 0.6) is 5.75 Å². The Morgan fingerprint density at radius 3 is 2.88 bits per heavy atom. The van der Waals surface area contributed by atoms with Gasteiger partial charge in [0, 0.05) is 10.6 Å². The summed E-state index contributed by atoms with van der Waals surface area (Å²) in [6.07, 6.45) is 5.64. The van der Waals surface area contributed by atoms with Crippen molar-refractivity contribution in [2.75, 3.05) is 7.11 Å². The second-order valence-electron chi connectivity index (χ2n) is 4.04. The van der Waals surface area contributed by atoms with E-state index in [1.807, 2.05) is 18.2 Å². The van der Waals surface area contributed by atoms with Gasteiger partial charge in [-0.15, -0.1) is 0 Å². The van der Waals surface area contributed by atoms with Gasteiger partial charge in [-0.1, -0.05) is 23.3 Å². The molecule has 1 unspecified atom stereocenters. The number of benzene rings is 1. The predicted octanol–water partition coefficient (Wildman–Crippen LogP) is 3.46. The minimum absolute atomic E-state index is 0.0869. The number of methoxy groups -OCH3 is 1. The number of rotatable bonds is 3. The van der Waals surface area contributed by atoms with Crippen molar-refractivity contribution in [1.29, 1.82) is 0 Å². The lowest BCUT2D eigenvalue weighted by Gasteiger charge is -2.17. The highest BCUT2D eigenvalue weighted by atomic mass is 35.5. The van der Waals surface area contributed by atoms with E-state index in [-0.39, 0.29) is 6.04 Å². The molecule has 86 valence electrons. The SMILES string of the molecule is COc1ccc(Cl)cc1C(N)C1=CCCC1. The van der Waals surface area contributed by atoms with E-state index in [9.17, 15) is 0 Å². The third kappa shape index (κ3) is 2.23. The Hall–Kier alpha value is -0.990. The van der Waals surface area contributed by atoms with Gasteiger partial charge in [0.25, 0.3) is 0 Å². The summed E-state index contributed by atoms with van der Waals surface area (Å²) in [6, 6.07) is 5.49. The molecule has 1 aromatic rings. The molecular formula is C13H16ClNO. The smallest absolute Gasteiger partial charge is 0.124 e. The molecule has 2 nitrogen and oxygen atoms in total. The Bertz CT molecular complexity index is 414. The summed E-state index contributed by atoms with van der Waals surface area (Å²) in [5.41, 5.74) is 8.51. The first-order valence-corrected chi connectivity index (χ1v) is 5.88. The van der Waals surface area contributed by atoms with Crippen LogP contribution in [0.25, 0.3) is 0 Å². The molecule has 0 amide bonds. The molecule has 2 rings (SSSR count). The van der Waals surface area contributed by atoms with E-state index in [1.165, 1.54) is 12.0 Å². The third-order valence-electron chi connectivity index (χ3n) is 3.00. The largest absolute Gasteiger partial charge is 0.496 e. The molecular weight excluding hydrogens is 222 g/mol. The molecule has 0 aromatic heterocycles. The number of ether oxygens (including phenoxy) is 1. The Balaban J connectivity index is 2.34. The summed E-state index contributed by atoms with van der Waals surface area (Å²) >= 11 is 5.99. The summed E-state index contributed by atoms with van der Waals surface area (Å²) in [5, 5.41) is 0.699. The molecule has 1 atom stereocenters. The average Bonchev–Trinajstić information content (AvgIpc) is 2.81. The number of nitrogens with two attached hydrogens (primary N) is 1. The van der Waals surface area contributed by atoms with Crippen molar-refractivity contribution in [2.24, 2.45) is 5.73 Å². The first kappa shape index (κ1) is 11.5. The molecule has 0 saturated heterocycles. The summed E-state index contributed by atoms with van der Waals surface area (Å²) in [4.78, 5) is 0. The van der Waals surface area contributed by atoms with Crippen LogP contribution in [0, 0.1) is 0 Å². The highest BCUT2D eigenvalue weighted by Crippen LogP contribution is 2.34. The van der Waals surface area contributed by atoms with E-state index < -0.39 is 0 Å². The van der Waals surface area contributed by atoms with Crippen molar-refractivity contribution in [1.82, 2.24) is 0 Å². The standard InChI is InChI=1S/C13H16ClNO/c1-16-12-7-6-10(14)8-11(12)13(15)9-4-2-3-5-9/h4,6-8,13H,2-3,5,15H2,1H3. The first-order chi connectivity index (χ1) is 7.72. The molecule has 3 heteroatoms. The zero-order chi connectivity index (χ0) is 11.5. The molecule has 1 aliphatic carbocycles. The topological polar surface area (TPSA) is 35.2 Å². The summed E-state index contributed by atoms with van der Waals surface area (Å²) in [6.45, 7) is 0. The Labute approximate surface area is 101 Å². The van der Waals surface area contributed by atoms with E-state index in [4.69, 9.17) is 22.1 Å². The normalized spacial score (nSPS) is 17.1. The number of halogens is 1. The van der Waals surface area contributed by atoms with Crippen LogP contribution in [-0.2, 0) is 0 Å². The van der Waals surface area contributed by atoms with Gasteiger partial charge in [0.2, 0.25) is 0 Å². The van der Waals surface area contributed by atoms with E-state index in [0.29, 0.717) is 5.02 Å². The van der Waals surface area contributed by atoms with Gasteiger partial charge in [-0.05, 0) is 37.5 Å². The van der Waals surface area contributed by atoms with Crippen LogP contribution in [-0.4, -0.2) is 7.11 Å². The van der Waals surface area contributed by atoms with Gasteiger partial charge in [0.1, 0.15) is 5.75 Å². The van der Waals surface area contributed by atoms with E-state index >= 15 is 0 Å². The zero-order valence-corrected chi connectivity index (χ0v) is 10.1. The van der Waals surface area contributed by atoms with Crippen molar-refractivity contribution in [3.63, 3.8) is 0 Å². The number of allylic oxidation sites excluding steroid dienone is 1. The van der Waals surface area contributed by atoms with Crippen molar-refractivity contribution >= 4 is 11.6 Å². The molecule has 0 fully saturated rings. The maximum absolute atomic E-state index is 6.24. The highest BCUT2D eigenvalue weighted by Gasteiger charge is 2.18. The molecule has 0 heterocycles. The lowest BCUT2D eigenvalue weighted by molar-refractivity contribution is 0.407. The van der Waals surface area contributed by atoms with Gasteiger partial charge < -0.3 is 10.5 Å². The Kier molecular flexibility index (Phi) is 3.52. The van der Waals surface area contributed by atoms with Crippen LogP contribution in [0.15, 0.2) is 29.8 Å². The molecule has 0 aliphatic heterocycles. The Morgan fingerprint density at radius 1 is 1.44 bits per heavy atom. The van der Waals surface area contributed by atoms with Gasteiger partial charge in [0.15, 0.2) is 0 Å². The highest BCUT2D eigenvalue weighted by molar-refractivity contribution is 6.30. The quantitative estimate of drug-likeness (QED) is 0.818. The molecule has 16 heavy (non-hydrogen) atoms. The van der Waals surface area contributed by atoms with Crippen LogP contribution >= 0.6 is 11.6 Å². The molecule has 0 radical (unpaired) electrons. The minimum Gasteiger partial charge on any atom is -0.496 e. The van der Waals surface area contributed by atoms with Crippen LogP contribution in [0.2, 0.25) is 5.02 Å². The average molecular weight is 238 g/mol. The van der Waals surface area contributed by atoms with Gasteiger partial charge >= 0.3 is 0 Å². The van der Waals surface area contributed by atoms with Gasteiger partial charge in [0.05, 0.1) is 13.2 Å². The van der Waals surface area contributed by atoms with Crippen molar-refractivity contribution in [3.8, 4) is 5.75 Å². The van der Waals surface area contributed by atoms with Crippen molar-refractivity contribution in [3.05, 3.63) is 40.4 Å². The summed E-state index contributed by atoms with van der Waals surface area (Å²) < 4.78 is 5.32. The predicted molar refractivity (Wildman–Crippen MR) is 66.9 cm³/mol. The van der Waals surface area contributed by atoms with E-state index in [0.717, 1.165) is 24.2 Å². The summed E-state index contributed by atoms with van der Waals surface area (Å²) in [7, 11) is 1.66. The zero-order valence-electron chi connectivity index (χ0n) is 9.37. The molecule has 0 spiro atoms. The fourth-order valence-corrected chi connectivity index (χ4v) is 2.31. The molecule has 0 bridgehead atoms. The monoisotopic (exact) mass is 237 g/mol. The number of hydrogen-bond acceptors (Lipinski definition) is 2. The molecule has 2 N–H and O–H groups in total. The van der Waals surface area contributed by atoms with Gasteiger partial charge in [-0.2, -0.15) is 0 Å². The minimum atomic E-state index is -0.0869. The maximum Gasteiger partial charge on any atom is 0.124 e. The summed E-state index contributed by atoms with van der Waals surface area (Å²) in [5.74, 6) is 0.810. The lowest BCUT2D eigenvalue weighted by atomic mass is 9.98. The van der Waals surface area contributed by atoms with Crippen LogP contribution in [0.1, 0.15) is 30.9 Å². The van der Waals surface area contributed by atoms with E-state index in [2.05, 4.69) is 6.08 Å². The fraction of sp³-hybridized carbons (Fsp3) is 0.385.